The van der Waals surface area contributed by atoms with E-state index >= 15 is 0 Å². The Morgan fingerprint density at radius 3 is 2.47 bits per heavy atom. The highest BCUT2D eigenvalue weighted by Gasteiger charge is 2.27. The zero-order valence-corrected chi connectivity index (χ0v) is 13.3. The second-order valence-electron chi connectivity index (χ2n) is 7.09. The Bertz CT molecular complexity index is 245. The van der Waals surface area contributed by atoms with Crippen LogP contribution in [0.1, 0.15) is 66.2 Å². The lowest BCUT2D eigenvalue weighted by atomic mass is 9.76. The van der Waals surface area contributed by atoms with E-state index < -0.39 is 0 Å². The molecule has 1 atom stereocenters. The van der Waals surface area contributed by atoms with Crippen LogP contribution in [-0.4, -0.2) is 36.5 Å². The van der Waals surface area contributed by atoms with Crippen molar-refractivity contribution in [2.75, 3.05) is 19.8 Å². The first-order valence-electron chi connectivity index (χ1n) is 7.88. The lowest BCUT2D eigenvalue weighted by Crippen LogP contribution is -2.45. The number of nitrogens with one attached hydrogen (secondary N) is 1. The fourth-order valence-corrected chi connectivity index (χ4v) is 2.90. The van der Waals surface area contributed by atoms with Crippen LogP contribution in [-0.2, 0) is 4.74 Å². The summed E-state index contributed by atoms with van der Waals surface area (Å²) in [5, 5.41) is 12.8. The van der Waals surface area contributed by atoms with Crippen LogP contribution in [0.15, 0.2) is 0 Å². The first kappa shape index (κ1) is 16.9. The predicted molar refractivity (Wildman–Crippen MR) is 80.4 cm³/mol. The molecule has 19 heavy (non-hydrogen) atoms. The van der Waals surface area contributed by atoms with Crippen LogP contribution in [0, 0.1) is 5.41 Å². The van der Waals surface area contributed by atoms with Crippen LogP contribution in [0.5, 0.6) is 0 Å². The van der Waals surface area contributed by atoms with Crippen molar-refractivity contribution in [1.29, 1.82) is 0 Å². The van der Waals surface area contributed by atoms with Crippen molar-refractivity contribution in [1.82, 2.24) is 5.32 Å². The molecule has 114 valence electrons. The van der Waals surface area contributed by atoms with E-state index in [9.17, 15) is 5.11 Å². The highest BCUT2D eigenvalue weighted by Crippen LogP contribution is 2.36. The minimum Gasteiger partial charge on any atom is -0.394 e. The average molecular weight is 271 g/mol. The Hall–Kier alpha value is -0.120. The molecule has 2 N–H and O–H groups in total. The standard InChI is InChI=1S/C16H33NO2/c1-5-17-16(4,13-18)9-6-12-19-14-7-10-15(2,3)11-8-14/h14,17-18H,5-13H2,1-4H3. The van der Waals surface area contributed by atoms with Gasteiger partial charge in [-0.1, -0.05) is 20.8 Å². The summed E-state index contributed by atoms with van der Waals surface area (Å²) in [6, 6.07) is 0. The number of likely N-dealkylation sites (N-methyl/N-ethyl adjacent to an activating group) is 1. The third kappa shape index (κ3) is 6.24. The van der Waals surface area contributed by atoms with Crippen LogP contribution >= 0.6 is 0 Å². The summed E-state index contributed by atoms with van der Waals surface area (Å²) < 4.78 is 5.98. The summed E-state index contributed by atoms with van der Waals surface area (Å²) >= 11 is 0. The molecule has 1 aliphatic carbocycles. The summed E-state index contributed by atoms with van der Waals surface area (Å²) in [5.41, 5.74) is 0.368. The second kappa shape index (κ2) is 7.61. The molecule has 0 spiro atoms. The van der Waals surface area contributed by atoms with Crippen LogP contribution in [0.2, 0.25) is 0 Å². The maximum absolute atomic E-state index is 9.42. The first-order chi connectivity index (χ1) is 8.91. The number of hydrogen-bond acceptors (Lipinski definition) is 3. The zero-order chi connectivity index (χ0) is 14.4. The van der Waals surface area contributed by atoms with Gasteiger partial charge >= 0.3 is 0 Å². The molecule has 0 aromatic carbocycles. The molecule has 3 nitrogen and oxygen atoms in total. The van der Waals surface area contributed by atoms with Crippen molar-refractivity contribution in [3.8, 4) is 0 Å². The molecule has 1 rings (SSSR count). The van der Waals surface area contributed by atoms with Gasteiger partial charge < -0.3 is 15.2 Å². The maximum atomic E-state index is 9.42. The van der Waals surface area contributed by atoms with Gasteiger partial charge in [-0.05, 0) is 57.4 Å². The third-order valence-electron chi connectivity index (χ3n) is 4.47. The SMILES string of the molecule is CCNC(C)(CO)CCCOC1CCC(C)(C)CC1. The van der Waals surface area contributed by atoms with Gasteiger partial charge in [0.05, 0.1) is 12.7 Å². The molecule has 0 aromatic heterocycles. The summed E-state index contributed by atoms with van der Waals surface area (Å²) in [5.74, 6) is 0. The van der Waals surface area contributed by atoms with Crippen LogP contribution < -0.4 is 5.32 Å². The van der Waals surface area contributed by atoms with Gasteiger partial charge in [0.2, 0.25) is 0 Å². The zero-order valence-electron chi connectivity index (χ0n) is 13.3. The number of aliphatic hydroxyl groups excluding tert-OH is 1. The normalized spacial score (nSPS) is 23.2. The van der Waals surface area contributed by atoms with E-state index in [1.54, 1.807) is 0 Å². The highest BCUT2D eigenvalue weighted by molar-refractivity contribution is 4.82. The van der Waals surface area contributed by atoms with Crippen molar-refractivity contribution in [3.63, 3.8) is 0 Å². The molecular formula is C16H33NO2. The van der Waals surface area contributed by atoms with E-state index in [1.165, 1.54) is 25.7 Å². The topological polar surface area (TPSA) is 41.5 Å². The van der Waals surface area contributed by atoms with Crippen molar-refractivity contribution in [2.24, 2.45) is 5.41 Å². The van der Waals surface area contributed by atoms with E-state index in [2.05, 4.69) is 33.0 Å². The van der Waals surface area contributed by atoms with E-state index in [-0.39, 0.29) is 12.1 Å². The molecule has 0 radical (unpaired) electrons. The molecule has 0 heterocycles. The summed E-state index contributed by atoms with van der Waals surface area (Å²) in [4.78, 5) is 0. The molecule has 0 amide bonds. The van der Waals surface area contributed by atoms with Crippen molar-refractivity contribution in [3.05, 3.63) is 0 Å². The summed E-state index contributed by atoms with van der Waals surface area (Å²) in [6.45, 7) is 10.8. The van der Waals surface area contributed by atoms with Gasteiger partial charge in [-0.25, -0.2) is 0 Å². The quantitative estimate of drug-likeness (QED) is 0.667. The molecule has 3 heteroatoms. The van der Waals surface area contributed by atoms with Crippen LogP contribution in [0.4, 0.5) is 0 Å². The van der Waals surface area contributed by atoms with Crippen molar-refractivity contribution < 1.29 is 9.84 Å². The molecule has 1 fully saturated rings. The Morgan fingerprint density at radius 2 is 1.95 bits per heavy atom. The molecule has 0 aliphatic heterocycles. The van der Waals surface area contributed by atoms with Crippen molar-refractivity contribution in [2.45, 2.75) is 77.9 Å². The van der Waals surface area contributed by atoms with E-state index in [1.807, 2.05) is 0 Å². The number of rotatable bonds is 8. The largest absolute Gasteiger partial charge is 0.394 e. The Kier molecular flexibility index (Phi) is 6.78. The lowest BCUT2D eigenvalue weighted by Gasteiger charge is -2.34. The first-order valence-corrected chi connectivity index (χ1v) is 7.88. The average Bonchev–Trinajstić information content (AvgIpc) is 2.37. The Morgan fingerprint density at radius 1 is 1.32 bits per heavy atom. The van der Waals surface area contributed by atoms with Crippen LogP contribution in [0.3, 0.4) is 0 Å². The second-order valence-corrected chi connectivity index (χ2v) is 7.09. The van der Waals surface area contributed by atoms with E-state index in [0.717, 1.165) is 26.0 Å². The predicted octanol–water partition coefficient (Wildman–Crippen LogP) is 3.11. The Labute approximate surface area is 119 Å². The van der Waals surface area contributed by atoms with Gasteiger partial charge in [-0.3, -0.25) is 0 Å². The minimum atomic E-state index is -0.146. The molecule has 0 aromatic rings. The monoisotopic (exact) mass is 271 g/mol. The van der Waals surface area contributed by atoms with Crippen molar-refractivity contribution >= 4 is 0 Å². The highest BCUT2D eigenvalue weighted by atomic mass is 16.5. The smallest absolute Gasteiger partial charge is 0.0610 e. The van der Waals surface area contributed by atoms with Gasteiger partial charge in [0, 0.05) is 12.1 Å². The number of hydrogen-bond donors (Lipinski definition) is 2. The van der Waals surface area contributed by atoms with Gasteiger partial charge in [-0.2, -0.15) is 0 Å². The fraction of sp³-hybridized carbons (Fsp3) is 1.00. The van der Waals surface area contributed by atoms with Gasteiger partial charge in [-0.15, -0.1) is 0 Å². The number of ether oxygens (including phenoxy) is 1. The number of aliphatic hydroxyl groups is 1. The lowest BCUT2D eigenvalue weighted by molar-refractivity contribution is -0.000158. The summed E-state index contributed by atoms with van der Waals surface area (Å²) in [7, 11) is 0. The Balaban J connectivity index is 2.14. The molecule has 1 aliphatic rings. The third-order valence-corrected chi connectivity index (χ3v) is 4.47. The molecule has 1 saturated carbocycles. The van der Waals surface area contributed by atoms with E-state index in [0.29, 0.717) is 11.5 Å². The molecule has 0 saturated heterocycles. The molecule has 1 unspecified atom stereocenters. The van der Waals surface area contributed by atoms with E-state index in [4.69, 9.17) is 4.74 Å². The van der Waals surface area contributed by atoms with Gasteiger partial charge in [0.25, 0.3) is 0 Å². The maximum Gasteiger partial charge on any atom is 0.0610 e. The minimum absolute atomic E-state index is 0.146. The molecular weight excluding hydrogens is 238 g/mol. The van der Waals surface area contributed by atoms with Gasteiger partial charge in [0.1, 0.15) is 0 Å². The molecule has 0 bridgehead atoms. The summed E-state index contributed by atoms with van der Waals surface area (Å²) in [6.07, 6.45) is 7.42. The van der Waals surface area contributed by atoms with Gasteiger partial charge in [0.15, 0.2) is 0 Å². The van der Waals surface area contributed by atoms with Crippen LogP contribution in [0.25, 0.3) is 0 Å². The fourth-order valence-electron chi connectivity index (χ4n) is 2.90.